The van der Waals surface area contributed by atoms with Crippen LogP contribution in [-0.2, 0) is 5.75 Å². The second-order valence-corrected chi connectivity index (χ2v) is 6.32. The summed E-state index contributed by atoms with van der Waals surface area (Å²) < 4.78 is 0. The van der Waals surface area contributed by atoms with E-state index >= 15 is 0 Å². The molecule has 2 aromatic rings. The minimum atomic E-state index is -0.973. The highest BCUT2D eigenvalue weighted by atomic mass is 35.5. The number of rotatable bonds is 4. The summed E-state index contributed by atoms with van der Waals surface area (Å²) in [6.07, 6.45) is 0. The van der Waals surface area contributed by atoms with Crippen LogP contribution in [0.1, 0.15) is 27.2 Å². The summed E-state index contributed by atoms with van der Waals surface area (Å²) in [7, 11) is 0. The van der Waals surface area contributed by atoms with Crippen molar-refractivity contribution in [2.24, 2.45) is 0 Å². The molecule has 0 atom stereocenters. The summed E-state index contributed by atoms with van der Waals surface area (Å²) in [5.41, 5.74) is 2.59. The van der Waals surface area contributed by atoms with Crippen LogP contribution in [0.5, 0.6) is 0 Å². The lowest BCUT2D eigenvalue weighted by molar-refractivity contribution is 0.0691. The van der Waals surface area contributed by atoms with Gasteiger partial charge in [0.05, 0.1) is 15.6 Å². The predicted molar refractivity (Wildman–Crippen MR) is 86.7 cm³/mol. The Morgan fingerprint density at radius 1 is 1.33 bits per heavy atom. The van der Waals surface area contributed by atoms with Crippen molar-refractivity contribution in [1.82, 2.24) is 4.98 Å². The number of carbonyl (C=O) groups is 1. The fourth-order valence-corrected chi connectivity index (χ4v) is 3.57. The number of halogens is 2. The molecule has 6 heteroatoms. The van der Waals surface area contributed by atoms with Crippen molar-refractivity contribution >= 4 is 40.9 Å². The molecule has 0 unspecified atom stereocenters. The SMILES string of the molecule is Cc1cc(C)c(C(=O)O)c(SCc2cccc(Cl)c2Cl)n1. The Morgan fingerprint density at radius 3 is 2.71 bits per heavy atom. The van der Waals surface area contributed by atoms with Crippen LogP contribution in [0.2, 0.25) is 10.0 Å². The molecule has 2 rings (SSSR count). The molecule has 110 valence electrons. The number of carboxylic acids is 1. The van der Waals surface area contributed by atoms with Crippen molar-refractivity contribution in [2.45, 2.75) is 24.6 Å². The summed E-state index contributed by atoms with van der Waals surface area (Å²) in [5.74, 6) is -0.463. The van der Waals surface area contributed by atoms with Gasteiger partial charge in [-0.3, -0.25) is 0 Å². The van der Waals surface area contributed by atoms with Gasteiger partial charge in [0.25, 0.3) is 0 Å². The van der Waals surface area contributed by atoms with E-state index in [1.807, 2.05) is 19.1 Å². The molecule has 1 aromatic carbocycles. The van der Waals surface area contributed by atoms with Gasteiger partial charge in [-0.15, -0.1) is 11.8 Å². The van der Waals surface area contributed by atoms with Gasteiger partial charge in [0.1, 0.15) is 5.03 Å². The molecule has 0 radical (unpaired) electrons. The Kier molecular flexibility index (Phi) is 5.14. The van der Waals surface area contributed by atoms with Crippen LogP contribution in [0.15, 0.2) is 29.3 Å². The summed E-state index contributed by atoms with van der Waals surface area (Å²) in [4.78, 5) is 15.7. The van der Waals surface area contributed by atoms with E-state index in [4.69, 9.17) is 23.2 Å². The highest BCUT2D eigenvalue weighted by Crippen LogP contribution is 2.32. The maximum absolute atomic E-state index is 11.4. The summed E-state index contributed by atoms with van der Waals surface area (Å²) in [6, 6.07) is 7.16. The molecule has 0 amide bonds. The lowest BCUT2D eigenvalue weighted by atomic mass is 10.1. The third kappa shape index (κ3) is 3.70. The molecule has 1 heterocycles. The molecule has 0 saturated carbocycles. The van der Waals surface area contributed by atoms with E-state index in [1.54, 1.807) is 19.1 Å². The first-order valence-electron chi connectivity index (χ1n) is 6.17. The Bertz CT molecular complexity index is 704. The minimum absolute atomic E-state index is 0.240. The number of aromatic carboxylic acids is 1. The van der Waals surface area contributed by atoms with Gasteiger partial charge in [-0.05, 0) is 37.1 Å². The number of carboxylic acid groups (broad SMARTS) is 1. The number of benzene rings is 1. The Hall–Kier alpha value is -1.23. The summed E-state index contributed by atoms with van der Waals surface area (Å²) in [6.45, 7) is 3.61. The molecule has 0 spiro atoms. The van der Waals surface area contributed by atoms with E-state index in [2.05, 4.69) is 4.98 Å². The zero-order chi connectivity index (χ0) is 15.6. The van der Waals surface area contributed by atoms with Crippen molar-refractivity contribution in [3.63, 3.8) is 0 Å². The van der Waals surface area contributed by atoms with Crippen molar-refractivity contribution in [1.29, 1.82) is 0 Å². The fraction of sp³-hybridized carbons (Fsp3) is 0.200. The fourth-order valence-electron chi connectivity index (χ4n) is 1.97. The van der Waals surface area contributed by atoms with E-state index < -0.39 is 5.97 Å². The average Bonchev–Trinajstić information content (AvgIpc) is 2.39. The first-order chi connectivity index (χ1) is 9.90. The average molecular weight is 342 g/mol. The molecule has 3 nitrogen and oxygen atoms in total. The number of nitrogens with zero attached hydrogens (tertiary/aromatic N) is 1. The summed E-state index contributed by atoms with van der Waals surface area (Å²) >= 11 is 13.5. The first-order valence-corrected chi connectivity index (χ1v) is 7.91. The van der Waals surface area contributed by atoms with Crippen LogP contribution < -0.4 is 0 Å². The Balaban J connectivity index is 2.32. The minimum Gasteiger partial charge on any atom is -0.478 e. The lowest BCUT2D eigenvalue weighted by Gasteiger charge is -2.10. The van der Waals surface area contributed by atoms with Crippen molar-refractivity contribution in [3.8, 4) is 0 Å². The van der Waals surface area contributed by atoms with Gasteiger partial charge in [0, 0.05) is 11.4 Å². The molecule has 0 aliphatic rings. The Labute approximate surface area is 137 Å². The zero-order valence-electron chi connectivity index (χ0n) is 11.5. The number of thioether (sulfide) groups is 1. The highest BCUT2D eigenvalue weighted by molar-refractivity contribution is 7.98. The molecule has 0 aliphatic carbocycles. The van der Waals surface area contributed by atoms with Crippen molar-refractivity contribution in [2.75, 3.05) is 0 Å². The quantitative estimate of drug-likeness (QED) is 0.795. The molecule has 0 fully saturated rings. The van der Waals surface area contributed by atoms with Gasteiger partial charge >= 0.3 is 5.97 Å². The van der Waals surface area contributed by atoms with Crippen LogP contribution >= 0.6 is 35.0 Å². The van der Waals surface area contributed by atoms with E-state index in [1.165, 1.54) is 11.8 Å². The Morgan fingerprint density at radius 2 is 2.05 bits per heavy atom. The molecule has 1 aromatic heterocycles. The zero-order valence-corrected chi connectivity index (χ0v) is 13.8. The van der Waals surface area contributed by atoms with Crippen LogP contribution in [0, 0.1) is 13.8 Å². The van der Waals surface area contributed by atoms with Crippen molar-refractivity contribution in [3.05, 3.63) is 56.7 Å². The van der Waals surface area contributed by atoms with E-state index in [-0.39, 0.29) is 5.56 Å². The number of pyridine rings is 1. The molecule has 0 saturated heterocycles. The van der Waals surface area contributed by atoms with Crippen LogP contribution in [0.4, 0.5) is 0 Å². The van der Waals surface area contributed by atoms with Gasteiger partial charge in [0.2, 0.25) is 0 Å². The summed E-state index contributed by atoms with van der Waals surface area (Å²) in [5, 5.41) is 10.8. The normalized spacial score (nSPS) is 10.7. The predicted octanol–water partition coefficient (Wildman–Crippen LogP) is 5.00. The first kappa shape index (κ1) is 16.1. The highest BCUT2D eigenvalue weighted by Gasteiger charge is 2.16. The van der Waals surface area contributed by atoms with Gasteiger partial charge < -0.3 is 5.11 Å². The standard InChI is InChI=1S/C15H13Cl2NO2S/c1-8-6-9(2)18-14(12(8)15(19)20)21-7-10-4-3-5-11(16)13(10)17/h3-6H,7H2,1-2H3,(H,19,20). The second-order valence-electron chi connectivity index (χ2n) is 4.57. The number of hydrogen-bond acceptors (Lipinski definition) is 3. The molecular formula is C15H13Cl2NO2S. The molecule has 0 bridgehead atoms. The van der Waals surface area contributed by atoms with E-state index in [0.717, 1.165) is 11.3 Å². The molecular weight excluding hydrogens is 329 g/mol. The monoisotopic (exact) mass is 341 g/mol. The lowest BCUT2D eigenvalue weighted by Crippen LogP contribution is -2.05. The van der Waals surface area contributed by atoms with E-state index in [0.29, 0.717) is 26.4 Å². The smallest absolute Gasteiger partial charge is 0.338 e. The van der Waals surface area contributed by atoms with Gasteiger partial charge in [-0.1, -0.05) is 35.3 Å². The van der Waals surface area contributed by atoms with E-state index in [9.17, 15) is 9.90 Å². The van der Waals surface area contributed by atoms with Crippen molar-refractivity contribution < 1.29 is 9.90 Å². The number of hydrogen-bond donors (Lipinski definition) is 1. The van der Waals surface area contributed by atoms with Gasteiger partial charge in [-0.2, -0.15) is 0 Å². The molecule has 1 N–H and O–H groups in total. The third-order valence-electron chi connectivity index (χ3n) is 2.92. The van der Waals surface area contributed by atoms with Crippen LogP contribution in [0.3, 0.4) is 0 Å². The van der Waals surface area contributed by atoms with Gasteiger partial charge in [-0.25, -0.2) is 9.78 Å². The largest absolute Gasteiger partial charge is 0.478 e. The number of aromatic nitrogens is 1. The maximum atomic E-state index is 11.4. The molecule has 0 aliphatic heterocycles. The second kappa shape index (κ2) is 6.69. The van der Waals surface area contributed by atoms with Crippen LogP contribution in [0.25, 0.3) is 0 Å². The van der Waals surface area contributed by atoms with Gasteiger partial charge in [0.15, 0.2) is 0 Å². The maximum Gasteiger partial charge on any atom is 0.338 e. The topological polar surface area (TPSA) is 50.2 Å². The third-order valence-corrected chi connectivity index (χ3v) is 4.80. The van der Waals surface area contributed by atoms with Crippen LogP contribution in [-0.4, -0.2) is 16.1 Å². The number of aryl methyl sites for hydroxylation is 2. The molecule has 21 heavy (non-hydrogen) atoms.